The summed E-state index contributed by atoms with van der Waals surface area (Å²) in [5.41, 5.74) is 1.53. The maximum atomic E-state index is 11.8. The number of aromatic hydroxyl groups is 1. The van der Waals surface area contributed by atoms with Crippen LogP contribution < -0.4 is 11.1 Å². The van der Waals surface area contributed by atoms with E-state index in [1.807, 2.05) is 13.0 Å². The topological polar surface area (TPSA) is 88.8 Å². The molecule has 0 radical (unpaired) electrons. The third kappa shape index (κ3) is 4.75. The van der Waals surface area contributed by atoms with Gasteiger partial charge in [0.25, 0.3) is 0 Å². The summed E-state index contributed by atoms with van der Waals surface area (Å²) in [6, 6.07) is 1.35. The number of ketones is 1. The molecule has 0 fully saturated rings. The summed E-state index contributed by atoms with van der Waals surface area (Å²) in [7, 11) is 1.52. The molecule has 116 valence electrons. The maximum absolute atomic E-state index is 11.8. The van der Waals surface area contributed by atoms with Crippen LogP contribution >= 0.6 is 0 Å². The number of hydrogen-bond acceptors (Lipinski definition) is 6. The van der Waals surface area contributed by atoms with Gasteiger partial charge in [0, 0.05) is 24.6 Å². The molecule has 21 heavy (non-hydrogen) atoms. The molecule has 0 aliphatic carbocycles. The minimum absolute atomic E-state index is 0.0541. The van der Waals surface area contributed by atoms with Crippen LogP contribution in [0.5, 0.6) is 5.75 Å². The fourth-order valence-electron chi connectivity index (χ4n) is 1.86. The average molecular weight is 295 g/mol. The van der Waals surface area contributed by atoms with Crippen LogP contribution in [-0.4, -0.2) is 18.0 Å². The highest BCUT2D eigenvalue weighted by Gasteiger charge is 2.19. The monoisotopic (exact) mass is 295 g/mol. The van der Waals surface area contributed by atoms with Crippen LogP contribution in [0.3, 0.4) is 0 Å². The number of Topliss-reactive ketones (excluding diaryl/α,β-unsaturated/α-hetero) is 1. The molecule has 1 aromatic heterocycles. The third-order valence-electron chi connectivity index (χ3n) is 3.11. The molecular formula is C15H21NO5. The van der Waals surface area contributed by atoms with Crippen molar-refractivity contribution in [2.45, 2.75) is 39.0 Å². The molecule has 0 saturated carbocycles. The van der Waals surface area contributed by atoms with Crippen LogP contribution in [-0.2, 0) is 4.84 Å². The molecule has 0 saturated heterocycles. The summed E-state index contributed by atoms with van der Waals surface area (Å²) in [5.74, 6) is -0.412. The zero-order valence-corrected chi connectivity index (χ0v) is 12.5. The maximum Gasteiger partial charge on any atom is 0.350 e. The second-order valence-corrected chi connectivity index (χ2v) is 4.68. The first-order valence-corrected chi connectivity index (χ1v) is 6.85. The Kier molecular flexibility index (Phi) is 6.68. The van der Waals surface area contributed by atoms with Crippen LogP contribution in [0.4, 0.5) is 0 Å². The SMILES string of the molecule is CCC(=O)c1c(O)cc(C(C)CC/C=C\NOC)oc1=O. The van der Waals surface area contributed by atoms with Crippen molar-refractivity contribution in [3.05, 3.63) is 40.1 Å². The highest BCUT2D eigenvalue weighted by Crippen LogP contribution is 2.25. The van der Waals surface area contributed by atoms with E-state index in [1.54, 1.807) is 13.1 Å². The number of carbonyl (C=O) groups excluding carboxylic acids is 1. The van der Waals surface area contributed by atoms with Crippen LogP contribution in [0, 0.1) is 0 Å². The molecule has 1 aromatic rings. The van der Waals surface area contributed by atoms with Gasteiger partial charge in [-0.2, -0.15) is 0 Å². The Morgan fingerprint density at radius 1 is 1.57 bits per heavy atom. The molecule has 1 heterocycles. The fourth-order valence-corrected chi connectivity index (χ4v) is 1.86. The second-order valence-electron chi connectivity index (χ2n) is 4.68. The molecule has 1 unspecified atom stereocenters. The number of rotatable bonds is 8. The van der Waals surface area contributed by atoms with Gasteiger partial charge >= 0.3 is 5.63 Å². The quantitative estimate of drug-likeness (QED) is 0.566. The Morgan fingerprint density at radius 2 is 2.29 bits per heavy atom. The molecule has 0 bridgehead atoms. The van der Waals surface area contributed by atoms with Gasteiger partial charge in [0.15, 0.2) is 5.78 Å². The van der Waals surface area contributed by atoms with E-state index >= 15 is 0 Å². The summed E-state index contributed by atoms with van der Waals surface area (Å²) >= 11 is 0. The van der Waals surface area contributed by atoms with Crippen molar-refractivity contribution in [1.82, 2.24) is 5.48 Å². The standard InChI is InChI=1S/C15H21NO5/c1-4-11(17)14-12(18)9-13(21-15(14)19)10(2)7-5-6-8-16-20-3/h6,8-10,16,18H,4-5,7H2,1-3H3/b8-6-. The van der Waals surface area contributed by atoms with Gasteiger partial charge in [-0.15, -0.1) is 0 Å². The van der Waals surface area contributed by atoms with E-state index in [9.17, 15) is 14.7 Å². The summed E-state index contributed by atoms with van der Waals surface area (Å²) in [4.78, 5) is 28.0. The van der Waals surface area contributed by atoms with Crippen molar-refractivity contribution in [2.75, 3.05) is 7.11 Å². The summed E-state index contributed by atoms with van der Waals surface area (Å²) in [6.07, 6.45) is 5.17. The van der Waals surface area contributed by atoms with Gasteiger partial charge < -0.3 is 9.52 Å². The van der Waals surface area contributed by atoms with Gasteiger partial charge in [0.1, 0.15) is 17.1 Å². The molecule has 0 aliphatic heterocycles. The number of allylic oxidation sites excluding steroid dienone is 1. The second kappa shape index (κ2) is 8.26. The number of hydrogen-bond donors (Lipinski definition) is 2. The minimum Gasteiger partial charge on any atom is -0.507 e. The Hall–Kier alpha value is -2.08. The zero-order valence-electron chi connectivity index (χ0n) is 12.5. The van der Waals surface area contributed by atoms with Gasteiger partial charge in [-0.25, -0.2) is 4.79 Å². The van der Waals surface area contributed by atoms with Gasteiger partial charge in [-0.1, -0.05) is 19.9 Å². The molecule has 6 nitrogen and oxygen atoms in total. The Balaban J connectivity index is 2.80. The average Bonchev–Trinajstić information content (AvgIpc) is 2.45. The molecule has 2 N–H and O–H groups in total. The zero-order chi connectivity index (χ0) is 15.8. The lowest BCUT2D eigenvalue weighted by molar-refractivity contribution is 0.0980. The van der Waals surface area contributed by atoms with Crippen molar-refractivity contribution in [2.24, 2.45) is 0 Å². The van der Waals surface area contributed by atoms with Crippen LogP contribution in [0.15, 0.2) is 27.6 Å². The van der Waals surface area contributed by atoms with Gasteiger partial charge in [0.2, 0.25) is 0 Å². The molecule has 1 atom stereocenters. The largest absolute Gasteiger partial charge is 0.507 e. The van der Waals surface area contributed by atoms with Gasteiger partial charge in [-0.05, 0) is 12.8 Å². The van der Waals surface area contributed by atoms with Crippen LogP contribution in [0.1, 0.15) is 55.1 Å². The van der Waals surface area contributed by atoms with Gasteiger partial charge in [-0.3, -0.25) is 15.1 Å². The molecule has 0 aliphatic rings. The third-order valence-corrected chi connectivity index (χ3v) is 3.11. The highest BCUT2D eigenvalue weighted by atomic mass is 16.6. The summed E-state index contributed by atoms with van der Waals surface area (Å²) in [5, 5.41) is 9.84. The highest BCUT2D eigenvalue weighted by molar-refractivity contribution is 5.97. The molecule has 0 amide bonds. The van der Waals surface area contributed by atoms with E-state index in [0.717, 1.165) is 12.8 Å². The lowest BCUT2D eigenvalue weighted by atomic mass is 10.0. The number of hydroxylamine groups is 1. The van der Waals surface area contributed by atoms with Crippen molar-refractivity contribution in [3.63, 3.8) is 0 Å². The molecule has 0 spiro atoms. The minimum atomic E-state index is -0.778. The first-order chi connectivity index (χ1) is 10.0. The lowest BCUT2D eigenvalue weighted by Gasteiger charge is -2.10. The Bertz CT molecular complexity index is 562. The Labute approximate surface area is 123 Å². The van der Waals surface area contributed by atoms with Crippen LogP contribution in [0.25, 0.3) is 0 Å². The van der Waals surface area contributed by atoms with E-state index in [-0.39, 0.29) is 23.7 Å². The predicted octanol–water partition coefficient (Wildman–Crippen LogP) is 2.49. The van der Waals surface area contributed by atoms with Crippen molar-refractivity contribution < 1.29 is 19.2 Å². The number of nitrogens with one attached hydrogen (secondary N) is 1. The van der Waals surface area contributed by atoms with Crippen molar-refractivity contribution >= 4 is 5.78 Å². The van der Waals surface area contributed by atoms with E-state index in [4.69, 9.17) is 4.42 Å². The molecular weight excluding hydrogens is 274 g/mol. The van der Waals surface area contributed by atoms with E-state index in [1.165, 1.54) is 13.2 Å². The van der Waals surface area contributed by atoms with Gasteiger partial charge in [0.05, 0.1) is 7.11 Å². The smallest absolute Gasteiger partial charge is 0.350 e. The van der Waals surface area contributed by atoms with Crippen molar-refractivity contribution in [3.8, 4) is 5.75 Å². The first kappa shape index (κ1) is 17.0. The molecule has 0 aromatic carbocycles. The first-order valence-electron chi connectivity index (χ1n) is 6.85. The van der Waals surface area contributed by atoms with E-state index < -0.39 is 11.4 Å². The summed E-state index contributed by atoms with van der Waals surface area (Å²) < 4.78 is 5.15. The van der Waals surface area contributed by atoms with E-state index in [0.29, 0.717) is 5.76 Å². The predicted molar refractivity (Wildman–Crippen MR) is 78.2 cm³/mol. The Morgan fingerprint density at radius 3 is 2.86 bits per heavy atom. The van der Waals surface area contributed by atoms with Crippen molar-refractivity contribution in [1.29, 1.82) is 0 Å². The van der Waals surface area contributed by atoms with Crippen LogP contribution in [0.2, 0.25) is 0 Å². The lowest BCUT2D eigenvalue weighted by Crippen LogP contribution is -2.15. The normalized spacial score (nSPS) is 12.5. The summed E-state index contributed by atoms with van der Waals surface area (Å²) in [6.45, 7) is 3.51. The van der Waals surface area contributed by atoms with E-state index in [2.05, 4.69) is 10.3 Å². The molecule has 6 heteroatoms. The molecule has 1 rings (SSSR count). The fraction of sp³-hybridized carbons (Fsp3) is 0.467. The number of carbonyl (C=O) groups is 1.